The van der Waals surface area contributed by atoms with Gasteiger partial charge in [0.05, 0.1) is 16.6 Å². The highest BCUT2D eigenvalue weighted by atomic mass is 32.2. The molecule has 0 saturated carbocycles. The molecule has 3 aliphatic rings. The van der Waals surface area contributed by atoms with Gasteiger partial charge in [0.25, 0.3) is 5.91 Å². The second kappa shape index (κ2) is 6.67. The standard InChI is InChI=1S/C21H23N3O3S/c25-21(16-6-3-7-22-10-16)23-19-13-28(26,27)20-12-24(11-18(19)20)17-8-14-4-1-2-5-15(14)9-17/h1-7,10,17-20H,8-9,11-13H2,(H,23,25)/t18-,19+,20-/m0/s1. The summed E-state index contributed by atoms with van der Waals surface area (Å²) in [5.74, 6) is -0.262. The summed E-state index contributed by atoms with van der Waals surface area (Å²) in [5.41, 5.74) is 3.20. The van der Waals surface area contributed by atoms with Gasteiger partial charge in [-0.2, -0.15) is 0 Å². The predicted molar refractivity (Wildman–Crippen MR) is 106 cm³/mol. The number of nitrogens with zero attached hydrogens (tertiary/aromatic N) is 2. The van der Waals surface area contributed by atoms with Gasteiger partial charge < -0.3 is 5.32 Å². The average molecular weight is 398 g/mol. The quantitative estimate of drug-likeness (QED) is 0.838. The van der Waals surface area contributed by atoms with Crippen LogP contribution in [0.5, 0.6) is 0 Å². The van der Waals surface area contributed by atoms with Crippen LogP contribution in [0.15, 0.2) is 48.8 Å². The van der Waals surface area contributed by atoms with Crippen LogP contribution in [-0.2, 0) is 22.7 Å². The van der Waals surface area contributed by atoms with E-state index in [1.54, 1.807) is 18.3 Å². The third kappa shape index (κ3) is 3.02. The number of carbonyl (C=O) groups excluding carboxylic acids is 1. The van der Waals surface area contributed by atoms with Crippen molar-refractivity contribution in [2.24, 2.45) is 5.92 Å². The first-order valence-electron chi connectivity index (χ1n) is 9.74. The zero-order chi connectivity index (χ0) is 19.3. The van der Waals surface area contributed by atoms with Gasteiger partial charge >= 0.3 is 0 Å². The average Bonchev–Trinajstić information content (AvgIpc) is 3.37. The number of hydrogen-bond acceptors (Lipinski definition) is 5. The molecule has 2 aliphatic heterocycles. The third-order valence-electron chi connectivity index (χ3n) is 6.51. The Morgan fingerprint density at radius 3 is 2.50 bits per heavy atom. The molecule has 3 atom stereocenters. The maximum Gasteiger partial charge on any atom is 0.253 e. The van der Waals surface area contributed by atoms with Crippen molar-refractivity contribution in [1.29, 1.82) is 0 Å². The maximum absolute atomic E-state index is 12.8. The minimum absolute atomic E-state index is 0.0348. The van der Waals surface area contributed by atoms with Gasteiger partial charge in [0.2, 0.25) is 0 Å². The van der Waals surface area contributed by atoms with Crippen LogP contribution in [0.25, 0.3) is 0 Å². The second-order valence-electron chi connectivity index (χ2n) is 8.14. The van der Waals surface area contributed by atoms with Crippen molar-refractivity contribution in [1.82, 2.24) is 15.2 Å². The van der Waals surface area contributed by atoms with Gasteiger partial charge in [-0.05, 0) is 36.1 Å². The van der Waals surface area contributed by atoms with E-state index < -0.39 is 9.84 Å². The summed E-state index contributed by atoms with van der Waals surface area (Å²) in [6.07, 6.45) is 5.07. The fourth-order valence-electron chi connectivity index (χ4n) is 5.08. The molecule has 0 unspecified atom stereocenters. The van der Waals surface area contributed by atoms with E-state index in [2.05, 4.69) is 39.5 Å². The van der Waals surface area contributed by atoms with Gasteiger partial charge in [0, 0.05) is 43.5 Å². The molecule has 2 saturated heterocycles. The van der Waals surface area contributed by atoms with E-state index in [9.17, 15) is 13.2 Å². The van der Waals surface area contributed by atoms with Crippen LogP contribution in [0.2, 0.25) is 0 Å². The molecular formula is C21H23N3O3S. The van der Waals surface area contributed by atoms with Crippen molar-refractivity contribution < 1.29 is 13.2 Å². The molecular weight excluding hydrogens is 374 g/mol. The molecule has 6 nitrogen and oxygen atoms in total. The van der Waals surface area contributed by atoms with Crippen molar-refractivity contribution >= 4 is 15.7 Å². The van der Waals surface area contributed by atoms with Crippen LogP contribution < -0.4 is 5.32 Å². The van der Waals surface area contributed by atoms with Gasteiger partial charge in [-0.3, -0.25) is 14.7 Å². The Bertz CT molecular complexity index is 984. The number of likely N-dealkylation sites (tertiary alicyclic amines) is 1. The Hall–Kier alpha value is -2.25. The Morgan fingerprint density at radius 1 is 1.07 bits per heavy atom. The number of sulfone groups is 1. The molecule has 7 heteroatoms. The van der Waals surface area contributed by atoms with Crippen molar-refractivity contribution in [3.63, 3.8) is 0 Å². The number of carbonyl (C=O) groups is 1. The number of amides is 1. The SMILES string of the molecule is O=C(N[C@@H]1CS(=O)(=O)[C@H]2CN(C3Cc4ccccc4C3)C[C@@H]12)c1cccnc1. The van der Waals surface area contributed by atoms with Crippen LogP contribution in [0.4, 0.5) is 0 Å². The molecule has 1 N–H and O–H groups in total. The lowest BCUT2D eigenvalue weighted by Crippen LogP contribution is -2.43. The molecule has 0 spiro atoms. The lowest BCUT2D eigenvalue weighted by atomic mass is 10.00. The van der Waals surface area contributed by atoms with E-state index in [-0.39, 0.29) is 28.9 Å². The van der Waals surface area contributed by atoms with Crippen molar-refractivity contribution in [3.8, 4) is 0 Å². The number of aromatic nitrogens is 1. The fraction of sp³-hybridized carbons (Fsp3) is 0.429. The van der Waals surface area contributed by atoms with Gasteiger partial charge in [0.1, 0.15) is 0 Å². The summed E-state index contributed by atoms with van der Waals surface area (Å²) in [4.78, 5) is 18.8. The summed E-state index contributed by atoms with van der Waals surface area (Å²) in [5, 5.41) is 2.59. The molecule has 0 radical (unpaired) electrons. The number of fused-ring (bicyclic) bond motifs is 2. The van der Waals surface area contributed by atoms with E-state index in [0.717, 1.165) is 19.4 Å². The minimum atomic E-state index is -3.20. The monoisotopic (exact) mass is 397 g/mol. The molecule has 1 amide bonds. The van der Waals surface area contributed by atoms with Gasteiger partial charge in [0.15, 0.2) is 9.84 Å². The van der Waals surface area contributed by atoms with Gasteiger partial charge in [-0.15, -0.1) is 0 Å². The number of benzene rings is 1. The smallest absolute Gasteiger partial charge is 0.253 e. The molecule has 3 heterocycles. The van der Waals surface area contributed by atoms with Crippen LogP contribution in [0.3, 0.4) is 0 Å². The third-order valence-corrected chi connectivity index (χ3v) is 8.76. The highest BCUT2D eigenvalue weighted by Crippen LogP contribution is 2.37. The molecule has 0 bridgehead atoms. The molecule has 5 rings (SSSR count). The first-order valence-corrected chi connectivity index (χ1v) is 11.5. The maximum atomic E-state index is 12.8. The van der Waals surface area contributed by atoms with Crippen LogP contribution in [-0.4, -0.2) is 60.4 Å². The first kappa shape index (κ1) is 17.8. The highest BCUT2D eigenvalue weighted by Gasteiger charge is 2.53. The van der Waals surface area contributed by atoms with E-state index in [1.165, 1.54) is 17.3 Å². The van der Waals surface area contributed by atoms with Crippen LogP contribution >= 0.6 is 0 Å². The zero-order valence-corrected chi connectivity index (χ0v) is 16.3. The van der Waals surface area contributed by atoms with Crippen molar-refractivity contribution in [2.45, 2.75) is 30.2 Å². The summed E-state index contributed by atoms with van der Waals surface area (Å²) < 4.78 is 25.5. The molecule has 1 aromatic carbocycles. The van der Waals surface area contributed by atoms with Crippen molar-refractivity contribution in [2.75, 3.05) is 18.8 Å². The van der Waals surface area contributed by atoms with Crippen LogP contribution in [0.1, 0.15) is 21.5 Å². The normalized spacial score (nSPS) is 28.8. The number of rotatable bonds is 3. The van der Waals surface area contributed by atoms with Crippen molar-refractivity contribution in [3.05, 3.63) is 65.5 Å². The molecule has 1 aromatic heterocycles. The Labute approximate surface area is 164 Å². The molecule has 2 aromatic rings. The first-order chi connectivity index (χ1) is 13.5. The van der Waals surface area contributed by atoms with E-state index in [0.29, 0.717) is 18.2 Å². The Morgan fingerprint density at radius 2 is 1.82 bits per heavy atom. The lowest BCUT2D eigenvalue weighted by Gasteiger charge is -2.26. The van der Waals surface area contributed by atoms with Crippen LogP contribution in [0, 0.1) is 5.92 Å². The Balaban J connectivity index is 1.32. The van der Waals surface area contributed by atoms with E-state index >= 15 is 0 Å². The number of nitrogens with one attached hydrogen (secondary N) is 1. The van der Waals surface area contributed by atoms with E-state index in [1.807, 2.05) is 0 Å². The fourth-order valence-corrected chi connectivity index (χ4v) is 7.39. The summed E-state index contributed by atoms with van der Waals surface area (Å²) >= 11 is 0. The molecule has 2 fully saturated rings. The second-order valence-corrected chi connectivity index (χ2v) is 10.4. The lowest BCUT2D eigenvalue weighted by molar-refractivity contribution is 0.0929. The molecule has 28 heavy (non-hydrogen) atoms. The highest BCUT2D eigenvalue weighted by molar-refractivity contribution is 7.92. The Kier molecular flexibility index (Phi) is 4.25. The molecule has 1 aliphatic carbocycles. The topological polar surface area (TPSA) is 79.4 Å². The minimum Gasteiger partial charge on any atom is -0.348 e. The molecule has 146 valence electrons. The summed E-state index contributed by atoms with van der Waals surface area (Å²) in [6, 6.07) is 11.9. The number of hydrogen-bond donors (Lipinski definition) is 1. The summed E-state index contributed by atoms with van der Waals surface area (Å²) in [7, 11) is -3.20. The summed E-state index contributed by atoms with van der Waals surface area (Å²) in [6.45, 7) is 1.30. The zero-order valence-electron chi connectivity index (χ0n) is 15.5. The van der Waals surface area contributed by atoms with Gasteiger partial charge in [-0.25, -0.2) is 8.42 Å². The largest absolute Gasteiger partial charge is 0.348 e. The number of pyridine rings is 1. The van der Waals surface area contributed by atoms with Gasteiger partial charge in [-0.1, -0.05) is 24.3 Å². The van der Waals surface area contributed by atoms with E-state index in [4.69, 9.17) is 0 Å². The predicted octanol–water partition coefficient (Wildman–Crippen LogP) is 1.08.